The molecule has 0 bridgehead atoms. The van der Waals surface area contributed by atoms with E-state index in [1.165, 1.54) is 0 Å². The largest absolute Gasteiger partial charge is 0.383 e. The Kier molecular flexibility index (Phi) is 4.17. The smallest absolute Gasteiger partial charge is 0.207 e. The molecule has 4 nitrogen and oxygen atoms in total. The molecule has 0 amide bonds. The molecule has 1 aromatic heterocycles. The summed E-state index contributed by atoms with van der Waals surface area (Å²) in [5.74, 6) is 0.823. The van der Waals surface area contributed by atoms with Gasteiger partial charge < -0.3 is 10.1 Å². The molecule has 0 atom stereocenters. The van der Waals surface area contributed by atoms with E-state index in [1.807, 2.05) is 35.0 Å². The molecule has 0 saturated heterocycles. The molecule has 2 rings (SSSR count). The van der Waals surface area contributed by atoms with Crippen LogP contribution in [0, 0.1) is 0 Å². The van der Waals surface area contributed by atoms with Gasteiger partial charge in [0.15, 0.2) is 0 Å². The van der Waals surface area contributed by atoms with Gasteiger partial charge in [0.2, 0.25) is 5.95 Å². The van der Waals surface area contributed by atoms with Crippen molar-refractivity contribution in [1.29, 1.82) is 0 Å². The van der Waals surface area contributed by atoms with E-state index in [4.69, 9.17) is 4.74 Å². The molecule has 0 aliphatic rings. The summed E-state index contributed by atoms with van der Waals surface area (Å²) >= 11 is 3.42. The highest BCUT2D eigenvalue weighted by molar-refractivity contribution is 9.10. The van der Waals surface area contributed by atoms with Crippen molar-refractivity contribution in [3.63, 3.8) is 0 Å². The summed E-state index contributed by atoms with van der Waals surface area (Å²) in [5, 5.41) is 3.22. The van der Waals surface area contributed by atoms with Crippen LogP contribution in [-0.2, 0) is 4.74 Å². The number of benzene rings is 1. The quantitative estimate of drug-likeness (QED) is 0.862. The van der Waals surface area contributed by atoms with Crippen molar-refractivity contribution >= 4 is 21.9 Å². The molecule has 0 spiro atoms. The normalized spacial score (nSPS) is 10.5. The fourth-order valence-corrected chi connectivity index (χ4v) is 1.77. The summed E-state index contributed by atoms with van der Waals surface area (Å²) in [6.07, 6.45) is 3.70. The number of halogens is 1. The van der Waals surface area contributed by atoms with Crippen molar-refractivity contribution < 1.29 is 4.74 Å². The predicted octanol–water partition coefficient (Wildman–Crippen LogP) is 2.69. The van der Waals surface area contributed by atoms with Crippen molar-refractivity contribution in [3.8, 4) is 5.69 Å². The number of rotatable bonds is 5. The third-order valence-electron chi connectivity index (χ3n) is 2.33. The first-order valence-corrected chi connectivity index (χ1v) is 6.12. The third-order valence-corrected chi connectivity index (χ3v) is 2.86. The Morgan fingerprint density at radius 2 is 2.12 bits per heavy atom. The fraction of sp³-hybridized carbons (Fsp3) is 0.250. The van der Waals surface area contributed by atoms with E-state index >= 15 is 0 Å². The molecule has 1 N–H and O–H groups in total. The SMILES string of the molecule is COCCNc1nccn1-c1ccc(Br)cc1. The number of nitrogens with zero attached hydrogens (tertiary/aromatic N) is 2. The Balaban J connectivity index is 2.15. The van der Waals surface area contributed by atoms with Crippen LogP contribution in [-0.4, -0.2) is 29.8 Å². The van der Waals surface area contributed by atoms with Gasteiger partial charge in [-0.1, -0.05) is 15.9 Å². The van der Waals surface area contributed by atoms with Gasteiger partial charge in [0.25, 0.3) is 0 Å². The van der Waals surface area contributed by atoms with E-state index < -0.39 is 0 Å². The molecule has 0 saturated carbocycles. The minimum absolute atomic E-state index is 0.660. The lowest BCUT2D eigenvalue weighted by molar-refractivity contribution is 0.210. The number of anilines is 1. The van der Waals surface area contributed by atoms with Gasteiger partial charge in [-0.25, -0.2) is 4.98 Å². The summed E-state index contributed by atoms with van der Waals surface area (Å²) in [7, 11) is 1.68. The number of hydrogen-bond acceptors (Lipinski definition) is 3. The zero-order chi connectivity index (χ0) is 12.1. The Labute approximate surface area is 109 Å². The van der Waals surface area contributed by atoms with Gasteiger partial charge in [-0.3, -0.25) is 4.57 Å². The predicted molar refractivity (Wildman–Crippen MR) is 71.6 cm³/mol. The molecule has 1 aromatic carbocycles. The summed E-state index contributed by atoms with van der Waals surface area (Å²) in [6, 6.07) is 8.09. The van der Waals surface area contributed by atoms with Crippen LogP contribution in [0.15, 0.2) is 41.1 Å². The van der Waals surface area contributed by atoms with Gasteiger partial charge in [0.1, 0.15) is 0 Å². The lowest BCUT2D eigenvalue weighted by Gasteiger charge is -2.09. The monoisotopic (exact) mass is 295 g/mol. The second-order valence-corrected chi connectivity index (χ2v) is 4.43. The number of hydrogen-bond donors (Lipinski definition) is 1. The molecule has 0 aliphatic carbocycles. The highest BCUT2D eigenvalue weighted by Gasteiger charge is 2.03. The average Bonchev–Trinajstić information content (AvgIpc) is 2.79. The summed E-state index contributed by atoms with van der Waals surface area (Å²) < 4.78 is 8.06. The first kappa shape index (κ1) is 12.1. The van der Waals surface area contributed by atoms with Crippen molar-refractivity contribution in [2.75, 3.05) is 25.6 Å². The Bertz CT molecular complexity index is 467. The van der Waals surface area contributed by atoms with Crippen molar-refractivity contribution in [3.05, 3.63) is 41.1 Å². The van der Waals surface area contributed by atoms with E-state index in [-0.39, 0.29) is 0 Å². The molecular formula is C12H14BrN3O. The van der Waals surface area contributed by atoms with Gasteiger partial charge in [-0.15, -0.1) is 0 Å². The van der Waals surface area contributed by atoms with E-state index in [1.54, 1.807) is 13.3 Å². The third kappa shape index (κ3) is 3.08. The van der Waals surface area contributed by atoms with E-state index in [0.717, 1.165) is 22.7 Å². The first-order chi connectivity index (χ1) is 8.31. The summed E-state index contributed by atoms with van der Waals surface area (Å²) in [4.78, 5) is 4.27. The van der Waals surface area contributed by atoms with Crippen LogP contribution in [0.5, 0.6) is 0 Å². The van der Waals surface area contributed by atoms with Gasteiger partial charge >= 0.3 is 0 Å². The van der Waals surface area contributed by atoms with Crippen LogP contribution in [0.3, 0.4) is 0 Å². The molecule has 0 unspecified atom stereocenters. The molecule has 0 radical (unpaired) electrons. The van der Waals surface area contributed by atoms with Crippen LogP contribution in [0.4, 0.5) is 5.95 Å². The highest BCUT2D eigenvalue weighted by atomic mass is 79.9. The van der Waals surface area contributed by atoms with Crippen molar-refractivity contribution in [1.82, 2.24) is 9.55 Å². The summed E-state index contributed by atoms with van der Waals surface area (Å²) in [5.41, 5.74) is 1.07. The molecule has 0 aliphatic heterocycles. The molecule has 2 aromatic rings. The second kappa shape index (κ2) is 5.84. The maximum atomic E-state index is 5.00. The minimum atomic E-state index is 0.660. The lowest BCUT2D eigenvalue weighted by Crippen LogP contribution is -2.11. The molecule has 17 heavy (non-hydrogen) atoms. The van der Waals surface area contributed by atoms with Crippen LogP contribution in [0.1, 0.15) is 0 Å². The van der Waals surface area contributed by atoms with Gasteiger partial charge in [0, 0.05) is 36.2 Å². The standard InChI is InChI=1S/C12H14BrN3O/c1-17-9-7-15-12-14-6-8-16(12)11-4-2-10(13)3-5-11/h2-6,8H,7,9H2,1H3,(H,14,15). The molecular weight excluding hydrogens is 282 g/mol. The van der Waals surface area contributed by atoms with Gasteiger partial charge in [0.05, 0.1) is 6.61 Å². The zero-order valence-corrected chi connectivity index (χ0v) is 11.1. The highest BCUT2D eigenvalue weighted by Crippen LogP contribution is 2.17. The summed E-state index contributed by atoms with van der Waals surface area (Å²) in [6.45, 7) is 1.40. The molecule has 1 heterocycles. The van der Waals surface area contributed by atoms with E-state index in [2.05, 4.69) is 26.2 Å². The number of aromatic nitrogens is 2. The number of methoxy groups -OCH3 is 1. The average molecular weight is 296 g/mol. The van der Waals surface area contributed by atoms with Crippen molar-refractivity contribution in [2.45, 2.75) is 0 Å². The van der Waals surface area contributed by atoms with Crippen LogP contribution in [0.25, 0.3) is 5.69 Å². The van der Waals surface area contributed by atoms with E-state index in [9.17, 15) is 0 Å². The Morgan fingerprint density at radius 3 is 2.82 bits per heavy atom. The lowest BCUT2D eigenvalue weighted by atomic mass is 10.3. The second-order valence-electron chi connectivity index (χ2n) is 3.52. The molecule has 5 heteroatoms. The number of ether oxygens (including phenoxy) is 1. The number of imidazole rings is 1. The molecule has 0 fully saturated rings. The van der Waals surface area contributed by atoms with Crippen LogP contribution >= 0.6 is 15.9 Å². The number of nitrogens with one attached hydrogen (secondary N) is 1. The zero-order valence-electron chi connectivity index (χ0n) is 9.56. The van der Waals surface area contributed by atoms with Gasteiger partial charge in [-0.2, -0.15) is 0 Å². The Hall–Kier alpha value is -1.33. The van der Waals surface area contributed by atoms with E-state index in [0.29, 0.717) is 6.61 Å². The van der Waals surface area contributed by atoms with Crippen LogP contribution in [0.2, 0.25) is 0 Å². The Morgan fingerprint density at radius 1 is 1.35 bits per heavy atom. The molecule has 90 valence electrons. The van der Waals surface area contributed by atoms with Crippen molar-refractivity contribution in [2.24, 2.45) is 0 Å². The minimum Gasteiger partial charge on any atom is -0.383 e. The maximum absolute atomic E-state index is 5.00. The topological polar surface area (TPSA) is 39.1 Å². The fourth-order valence-electron chi connectivity index (χ4n) is 1.51. The first-order valence-electron chi connectivity index (χ1n) is 5.33. The van der Waals surface area contributed by atoms with Gasteiger partial charge in [-0.05, 0) is 24.3 Å². The maximum Gasteiger partial charge on any atom is 0.207 e. The van der Waals surface area contributed by atoms with Crippen LogP contribution < -0.4 is 5.32 Å².